The number of rotatable bonds is 7. The molecule has 4 rings (SSSR count). The first-order valence-electron chi connectivity index (χ1n) is 10.8. The summed E-state index contributed by atoms with van der Waals surface area (Å²) in [6, 6.07) is 23.8. The van der Waals surface area contributed by atoms with E-state index in [2.05, 4.69) is 0 Å². The topological polar surface area (TPSA) is 74.6 Å². The number of benzene rings is 3. The van der Waals surface area contributed by atoms with Gasteiger partial charge in [-0.3, -0.25) is 0 Å². The lowest BCUT2D eigenvalue weighted by Crippen LogP contribution is -2.12. The third-order valence-electron chi connectivity index (χ3n) is 5.45. The van der Waals surface area contributed by atoms with Gasteiger partial charge in [0.15, 0.2) is 9.84 Å². The SMILES string of the molecule is Cc1c(-c2ccccc2)cc(S(C)(=O)=O)cc1-n1ccc(CCOC(=O)Oc2ccccc2)c1. The maximum atomic E-state index is 12.4. The zero-order valence-electron chi connectivity index (χ0n) is 19.0. The number of sulfone groups is 1. The van der Waals surface area contributed by atoms with E-state index in [0.29, 0.717) is 12.2 Å². The van der Waals surface area contributed by atoms with E-state index in [1.54, 1.807) is 36.4 Å². The predicted octanol–water partition coefficient (Wildman–Crippen LogP) is 5.61. The first-order chi connectivity index (χ1) is 16.3. The smallest absolute Gasteiger partial charge is 0.434 e. The number of carbonyl (C=O) groups excluding carboxylic acids is 1. The number of hydrogen-bond acceptors (Lipinski definition) is 5. The van der Waals surface area contributed by atoms with Crippen LogP contribution in [-0.4, -0.2) is 32.0 Å². The van der Waals surface area contributed by atoms with Crippen LogP contribution in [-0.2, 0) is 21.0 Å². The van der Waals surface area contributed by atoms with E-state index in [1.807, 2.05) is 66.3 Å². The summed E-state index contributed by atoms with van der Waals surface area (Å²) in [6.07, 6.45) is 4.74. The molecule has 0 aliphatic carbocycles. The van der Waals surface area contributed by atoms with Gasteiger partial charge in [-0.25, -0.2) is 13.2 Å². The summed E-state index contributed by atoms with van der Waals surface area (Å²) in [6.45, 7) is 2.14. The van der Waals surface area contributed by atoms with Gasteiger partial charge in [0, 0.05) is 30.8 Å². The first-order valence-corrected chi connectivity index (χ1v) is 12.7. The van der Waals surface area contributed by atoms with Gasteiger partial charge in [0.05, 0.1) is 11.5 Å². The van der Waals surface area contributed by atoms with Crippen molar-refractivity contribution in [2.24, 2.45) is 0 Å². The van der Waals surface area contributed by atoms with Gasteiger partial charge < -0.3 is 14.0 Å². The molecule has 6 nitrogen and oxygen atoms in total. The van der Waals surface area contributed by atoms with Crippen LogP contribution >= 0.6 is 0 Å². The Kier molecular flexibility index (Phi) is 6.84. The van der Waals surface area contributed by atoms with E-state index in [0.717, 1.165) is 27.9 Å². The minimum absolute atomic E-state index is 0.160. The summed E-state index contributed by atoms with van der Waals surface area (Å²) in [7, 11) is -3.41. The second-order valence-corrected chi connectivity index (χ2v) is 9.96. The Balaban J connectivity index is 1.53. The molecule has 0 bridgehead atoms. The molecule has 4 aromatic rings. The van der Waals surface area contributed by atoms with Crippen molar-refractivity contribution in [3.63, 3.8) is 0 Å². The van der Waals surface area contributed by atoms with Crippen molar-refractivity contribution >= 4 is 16.0 Å². The summed E-state index contributed by atoms with van der Waals surface area (Å²) in [5.41, 5.74) is 4.49. The number of hydrogen-bond donors (Lipinski definition) is 0. The summed E-state index contributed by atoms with van der Waals surface area (Å²) in [5, 5.41) is 0. The minimum atomic E-state index is -3.41. The van der Waals surface area contributed by atoms with Gasteiger partial charge in [-0.15, -0.1) is 0 Å². The minimum Gasteiger partial charge on any atom is -0.434 e. The normalized spacial score (nSPS) is 11.2. The lowest BCUT2D eigenvalue weighted by atomic mass is 9.99. The average Bonchev–Trinajstić information content (AvgIpc) is 3.28. The van der Waals surface area contributed by atoms with E-state index in [-0.39, 0.29) is 11.5 Å². The molecular weight excluding hydrogens is 450 g/mol. The zero-order valence-corrected chi connectivity index (χ0v) is 19.8. The molecule has 0 atom stereocenters. The van der Waals surface area contributed by atoms with Crippen LogP contribution in [0.2, 0.25) is 0 Å². The van der Waals surface area contributed by atoms with Gasteiger partial charge in [-0.1, -0.05) is 48.5 Å². The van der Waals surface area contributed by atoms with Crippen LogP contribution in [0.1, 0.15) is 11.1 Å². The first kappa shape index (κ1) is 23.3. The number of para-hydroxylation sites is 1. The molecule has 34 heavy (non-hydrogen) atoms. The van der Waals surface area contributed by atoms with Gasteiger partial charge in [-0.2, -0.15) is 0 Å². The molecule has 0 spiro atoms. The summed E-state index contributed by atoms with van der Waals surface area (Å²) >= 11 is 0. The second kappa shape index (κ2) is 9.97. The highest BCUT2D eigenvalue weighted by Gasteiger charge is 2.16. The highest BCUT2D eigenvalue weighted by molar-refractivity contribution is 7.90. The van der Waals surface area contributed by atoms with Gasteiger partial charge >= 0.3 is 6.16 Å². The molecule has 0 saturated heterocycles. The van der Waals surface area contributed by atoms with Crippen molar-refractivity contribution in [1.29, 1.82) is 0 Å². The fraction of sp³-hybridized carbons (Fsp3) is 0.148. The van der Waals surface area contributed by atoms with E-state index >= 15 is 0 Å². The second-order valence-electron chi connectivity index (χ2n) is 7.94. The number of ether oxygens (including phenoxy) is 2. The van der Waals surface area contributed by atoms with Crippen LogP contribution in [0.15, 0.2) is 96.2 Å². The molecule has 0 amide bonds. The van der Waals surface area contributed by atoms with Crippen molar-refractivity contribution in [3.05, 3.63) is 102 Å². The Morgan fingerprint density at radius 2 is 1.62 bits per heavy atom. The van der Waals surface area contributed by atoms with Gasteiger partial charge in [0.1, 0.15) is 5.75 Å². The average molecular weight is 476 g/mol. The molecule has 0 aliphatic rings. The standard InChI is InChI=1S/C27H25NO5S/c1-20-25(22-9-5-3-6-10-22)17-24(34(2,30)31)18-26(20)28-15-13-21(19-28)14-16-32-27(29)33-23-11-7-4-8-12-23/h3-13,15,17-19H,14,16H2,1-2H3. The van der Waals surface area contributed by atoms with Crippen molar-refractivity contribution in [2.45, 2.75) is 18.2 Å². The Labute approximate surface area is 199 Å². The Morgan fingerprint density at radius 1 is 0.941 bits per heavy atom. The molecule has 0 radical (unpaired) electrons. The maximum Gasteiger partial charge on any atom is 0.513 e. The molecule has 174 valence electrons. The summed E-state index contributed by atoms with van der Waals surface area (Å²) in [4.78, 5) is 12.1. The molecule has 7 heteroatoms. The molecule has 0 fully saturated rings. The van der Waals surface area contributed by atoms with Gasteiger partial charge in [-0.05, 0) is 59.5 Å². The molecule has 1 heterocycles. The summed E-state index contributed by atoms with van der Waals surface area (Å²) < 4.78 is 37.0. The van der Waals surface area contributed by atoms with Crippen LogP contribution in [0.25, 0.3) is 16.8 Å². The monoisotopic (exact) mass is 475 g/mol. The van der Waals surface area contributed by atoms with Crippen LogP contribution < -0.4 is 4.74 Å². The van der Waals surface area contributed by atoms with Crippen LogP contribution in [0.3, 0.4) is 0 Å². The highest BCUT2D eigenvalue weighted by atomic mass is 32.2. The summed E-state index contributed by atoms with van der Waals surface area (Å²) in [5.74, 6) is 0.425. The van der Waals surface area contributed by atoms with Gasteiger partial charge in [0.2, 0.25) is 0 Å². The third-order valence-corrected chi connectivity index (χ3v) is 6.55. The molecule has 0 aliphatic heterocycles. The molecular formula is C27H25NO5S. The molecule has 3 aromatic carbocycles. The number of carbonyl (C=O) groups is 1. The molecule has 0 N–H and O–H groups in total. The molecule has 0 saturated carbocycles. The number of nitrogens with zero attached hydrogens (tertiary/aromatic N) is 1. The van der Waals surface area contributed by atoms with Crippen LogP contribution in [0.4, 0.5) is 4.79 Å². The van der Waals surface area contributed by atoms with Crippen molar-refractivity contribution in [1.82, 2.24) is 4.57 Å². The Morgan fingerprint density at radius 3 is 2.29 bits per heavy atom. The third kappa shape index (κ3) is 5.55. The van der Waals surface area contributed by atoms with Crippen molar-refractivity contribution in [3.8, 4) is 22.6 Å². The van der Waals surface area contributed by atoms with Crippen molar-refractivity contribution in [2.75, 3.05) is 12.9 Å². The zero-order chi connectivity index (χ0) is 24.1. The number of aromatic nitrogens is 1. The fourth-order valence-electron chi connectivity index (χ4n) is 3.68. The maximum absolute atomic E-state index is 12.4. The molecule has 0 unspecified atom stereocenters. The van der Waals surface area contributed by atoms with Crippen LogP contribution in [0.5, 0.6) is 5.75 Å². The highest BCUT2D eigenvalue weighted by Crippen LogP contribution is 2.31. The van der Waals surface area contributed by atoms with Crippen molar-refractivity contribution < 1.29 is 22.7 Å². The largest absolute Gasteiger partial charge is 0.513 e. The molecule has 1 aromatic heterocycles. The van der Waals surface area contributed by atoms with E-state index in [4.69, 9.17) is 9.47 Å². The van der Waals surface area contributed by atoms with E-state index < -0.39 is 16.0 Å². The van der Waals surface area contributed by atoms with E-state index in [1.165, 1.54) is 6.26 Å². The van der Waals surface area contributed by atoms with Gasteiger partial charge in [0.25, 0.3) is 0 Å². The van der Waals surface area contributed by atoms with E-state index in [9.17, 15) is 13.2 Å². The lowest BCUT2D eigenvalue weighted by molar-refractivity contribution is 0.100. The fourth-order valence-corrected chi connectivity index (χ4v) is 4.34. The Hall–Kier alpha value is -3.84. The Bertz CT molecular complexity index is 1390. The quantitative estimate of drug-likeness (QED) is 0.256. The predicted molar refractivity (Wildman–Crippen MR) is 131 cm³/mol. The van der Waals surface area contributed by atoms with Crippen LogP contribution in [0, 0.1) is 6.92 Å². The lowest BCUT2D eigenvalue weighted by Gasteiger charge is -2.15.